The Labute approximate surface area is 88.6 Å². The Morgan fingerprint density at radius 2 is 2.47 bits per heavy atom. The van der Waals surface area contributed by atoms with Gasteiger partial charge in [-0.05, 0) is 12.6 Å². The molecule has 1 rings (SSSR count). The largest absolute Gasteiger partial charge is 0.476 e. The quantitative estimate of drug-likeness (QED) is 0.655. The van der Waals surface area contributed by atoms with E-state index in [0.717, 1.165) is 13.1 Å². The molecule has 0 aliphatic rings. The molecule has 1 heterocycles. The lowest BCUT2D eigenvalue weighted by atomic mass is 10.2. The van der Waals surface area contributed by atoms with Crippen LogP contribution in [-0.2, 0) is 0 Å². The maximum atomic E-state index is 10.9. The van der Waals surface area contributed by atoms with Gasteiger partial charge in [0.2, 0.25) is 11.8 Å². The second-order valence-corrected chi connectivity index (χ2v) is 2.95. The van der Waals surface area contributed by atoms with E-state index in [2.05, 4.69) is 10.3 Å². The molecule has 5 heteroatoms. The number of pyridine rings is 1. The van der Waals surface area contributed by atoms with Gasteiger partial charge in [0.1, 0.15) is 6.61 Å². The van der Waals surface area contributed by atoms with E-state index < -0.39 is 5.91 Å². The van der Waals surface area contributed by atoms with Crippen molar-refractivity contribution in [2.24, 2.45) is 5.73 Å². The molecule has 0 atom stereocenters. The highest BCUT2D eigenvalue weighted by Gasteiger charge is 2.02. The van der Waals surface area contributed by atoms with Crippen LogP contribution in [0.15, 0.2) is 18.3 Å². The Morgan fingerprint density at radius 3 is 3.13 bits per heavy atom. The topological polar surface area (TPSA) is 77.2 Å². The number of aromatic nitrogens is 1. The monoisotopic (exact) mass is 209 g/mol. The minimum Gasteiger partial charge on any atom is -0.476 e. The molecule has 0 bridgehead atoms. The first-order valence-electron chi connectivity index (χ1n) is 4.83. The number of hydrogen-bond donors (Lipinski definition) is 2. The number of amides is 1. The molecule has 1 aromatic rings. The van der Waals surface area contributed by atoms with Gasteiger partial charge in [0.15, 0.2) is 0 Å². The van der Waals surface area contributed by atoms with E-state index in [1.54, 1.807) is 6.07 Å². The molecule has 0 aliphatic carbocycles. The standard InChI is InChI=1S/C10H15N3O2/c1-2-12-5-6-15-9-7-8(10(11)14)3-4-13-9/h3-4,7,12H,2,5-6H2,1H3,(H2,11,14). The summed E-state index contributed by atoms with van der Waals surface area (Å²) in [5.74, 6) is -0.0573. The third kappa shape index (κ3) is 3.95. The van der Waals surface area contributed by atoms with Crippen LogP contribution in [0.1, 0.15) is 17.3 Å². The number of nitrogens with two attached hydrogens (primary N) is 1. The van der Waals surface area contributed by atoms with E-state index in [1.165, 1.54) is 12.3 Å². The molecule has 1 amide bonds. The Hall–Kier alpha value is -1.62. The van der Waals surface area contributed by atoms with E-state index in [4.69, 9.17) is 10.5 Å². The zero-order valence-electron chi connectivity index (χ0n) is 8.69. The summed E-state index contributed by atoms with van der Waals surface area (Å²) in [7, 11) is 0. The Bertz CT molecular complexity index is 328. The number of hydrogen-bond acceptors (Lipinski definition) is 4. The summed E-state index contributed by atoms with van der Waals surface area (Å²) in [4.78, 5) is 14.8. The number of nitrogens with one attached hydrogen (secondary N) is 1. The molecular weight excluding hydrogens is 194 g/mol. The van der Waals surface area contributed by atoms with Crippen molar-refractivity contribution in [2.75, 3.05) is 19.7 Å². The van der Waals surface area contributed by atoms with Crippen LogP contribution in [0.25, 0.3) is 0 Å². The van der Waals surface area contributed by atoms with Gasteiger partial charge < -0.3 is 15.8 Å². The first kappa shape index (κ1) is 11.5. The molecule has 1 aromatic heterocycles. The highest BCUT2D eigenvalue weighted by atomic mass is 16.5. The van der Waals surface area contributed by atoms with Gasteiger partial charge in [0.05, 0.1) is 0 Å². The predicted molar refractivity (Wildman–Crippen MR) is 56.8 cm³/mol. The SMILES string of the molecule is CCNCCOc1cc(C(N)=O)ccn1. The van der Waals surface area contributed by atoms with E-state index in [9.17, 15) is 4.79 Å². The number of carbonyl (C=O) groups excluding carboxylic acids is 1. The second kappa shape index (κ2) is 5.98. The summed E-state index contributed by atoms with van der Waals surface area (Å²) in [6.07, 6.45) is 1.50. The Morgan fingerprint density at radius 1 is 1.67 bits per heavy atom. The molecule has 5 nitrogen and oxygen atoms in total. The van der Waals surface area contributed by atoms with Crippen LogP contribution in [0.2, 0.25) is 0 Å². The van der Waals surface area contributed by atoms with E-state index in [1.807, 2.05) is 6.92 Å². The molecule has 15 heavy (non-hydrogen) atoms. The van der Waals surface area contributed by atoms with Crippen molar-refractivity contribution in [2.45, 2.75) is 6.92 Å². The van der Waals surface area contributed by atoms with E-state index in [0.29, 0.717) is 18.1 Å². The Kier molecular flexibility index (Phi) is 4.56. The first-order chi connectivity index (χ1) is 7.24. The molecule has 0 unspecified atom stereocenters. The summed E-state index contributed by atoms with van der Waals surface area (Å²) in [5.41, 5.74) is 5.53. The van der Waals surface area contributed by atoms with Crippen molar-refractivity contribution in [1.82, 2.24) is 10.3 Å². The zero-order valence-corrected chi connectivity index (χ0v) is 8.69. The number of ether oxygens (including phenoxy) is 1. The molecule has 0 saturated heterocycles. The molecular formula is C10H15N3O2. The van der Waals surface area contributed by atoms with Gasteiger partial charge in [-0.2, -0.15) is 0 Å². The summed E-state index contributed by atoms with van der Waals surface area (Å²) < 4.78 is 5.32. The minimum atomic E-state index is -0.478. The lowest BCUT2D eigenvalue weighted by Gasteiger charge is -2.05. The van der Waals surface area contributed by atoms with Crippen LogP contribution < -0.4 is 15.8 Å². The van der Waals surface area contributed by atoms with Crippen LogP contribution in [-0.4, -0.2) is 30.6 Å². The number of nitrogens with zero attached hydrogens (tertiary/aromatic N) is 1. The van der Waals surface area contributed by atoms with Crippen LogP contribution in [0, 0.1) is 0 Å². The molecule has 0 aliphatic heterocycles. The lowest BCUT2D eigenvalue weighted by molar-refractivity contribution is 0.0999. The maximum Gasteiger partial charge on any atom is 0.248 e. The lowest BCUT2D eigenvalue weighted by Crippen LogP contribution is -2.20. The smallest absolute Gasteiger partial charge is 0.248 e. The van der Waals surface area contributed by atoms with Crippen molar-refractivity contribution in [3.8, 4) is 5.88 Å². The predicted octanol–water partition coefficient (Wildman–Crippen LogP) is 0.169. The maximum absolute atomic E-state index is 10.9. The van der Waals surface area contributed by atoms with Crippen molar-refractivity contribution in [1.29, 1.82) is 0 Å². The normalized spacial score (nSPS) is 9.93. The average molecular weight is 209 g/mol. The summed E-state index contributed by atoms with van der Waals surface area (Å²) >= 11 is 0. The summed E-state index contributed by atoms with van der Waals surface area (Å²) in [5, 5.41) is 3.11. The highest BCUT2D eigenvalue weighted by Crippen LogP contribution is 2.08. The molecule has 82 valence electrons. The fourth-order valence-corrected chi connectivity index (χ4v) is 1.05. The van der Waals surface area contributed by atoms with Crippen LogP contribution in [0.3, 0.4) is 0 Å². The number of likely N-dealkylation sites (N-methyl/N-ethyl adjacent to an activating group) is 1. The van der Waals surface area contributed by atoms with Crippen molar-refractivity contribution >= 4 is 5.91 Å². The molecule has 3 N–H and O–H groups in total. The van der Waals surface area contributed by atoms with Gasteiger partial charge in [-0.15, -0.1) is 0 Å². The molecule has 0 radical (unpaired) electrons. The van der Waals surface area contributed by atoms with Gasteiger partial charge >= 0.3 is 0 Å². The third-order valence-corrected chi connectivity index (χ3v) is 1.80. The number of rotatable bonds is 6. The summed E-state index contributed by atoms with van der Waals surface area (Å²) in [6.45, 7) is 4.19. The van der Waals surface area contributed by atoms with Gasteiger partial charge in [0.25, 0.3) is 0 Å². The number of primary amides is 1. The van der Waals surface area contributed by atoms with Crippen molar-refractivity contribution < 1.29 is 9.53 Å². The van der Waals surface area contributed by atoms with E-state index >= 15 is 0 Å². The van der Waals surface area contributed by atoms with Crippen LogP contribution in [0.5, 0.6) is 5.88 Å². The Balaban J connectivity index is 2.47. The van der Waals surface area contributed by atoms with Gasteiger partial charge in [-0.25, -0.2) is 4.98 Å². The summed E-state index contributed by atoms with van der Waals surface area (Å²) in [6, 6.07) is 3.09. The first-order valence-corrected chi connectivity index (χ1v) is 4.83. The van der Waals surface area contributed by atoms with Crippen molar-refractivity contribution in [3.63, 3.8) is 0 Å². The highest BCUT2D eigenvalue weighted by molar-refractivity contribution is 5.92. The fourth-order valence-electron chi connectivity index (χ4n) is 1.05. The second-order valence-electron chi connectivity index (χ2n) is 2.95. The van der Waals surface area contributed by atoms with Crippen molar-refractivity contribution in [3.05, 3.63) is 23.9 Å². The fraction of sp³-hybridized carbons (Fsp3) is 0.400. The van der Waals surface area contributed by atoms with E-state index in [-0.39, 0.29) is 0 Å². The molecule has 0 fully saturated rings. The van der Waals surface area contributed by atoms with Crippen LogP contribution in [0.4, 0.5) is 0 Å². The minimum absolute atomic E-state index is 0.406. The number of carbonyl (C=O) groups is 1. The third-order valence-electron chi connectivity index (χ3n) is 1.80. The molecule has 0 spiro atoms. The van der Waals surface area contributed by atoms with Crippen LogP contribution >= 0.6 is 0 Å². The molecule has 0 aromatic carbocycles. The molecule has 0 saturated carbocycles. The van der Waals surface area contributed by atoms with Gasteiger partial charge in [-0.3, -0.25) is 4.79 Å². The van der Waals surface area contributed by atoms with Gasteiger partial charge in [-0.1, -0.05) is 6.92 Å². The van der Waals surface area contributed by atoms with Gasteiger partial charge in [0, 0.05) is 24.4 Å². The average Bonchev–Trinajstić information content (AvgIpc) is 2.25. The zero-order chi connectivity index (χ0) is 11.1.